The lowest BCUT2D eigenvalue weighted by atomic mass is 9.85. The van der Waals surface area contributed by atoms with Crippen LogP contribution in [-0.4, -0.2) is 77.2 Å². The number of rotatable bonds is 4. The van der Waals surface area contributed by atoms with Crippen LogP contribution in [0.4, 0.5) is 9.59 Å². The highest BCUT2D eigenvalue weighted by atomic mass is 16.6. The summed E-state index contributed by atoms with van der Waals surface area (Å²) in [7, 11) is 1.54. The summed E-state index contributed by atoms with van der Waals surface area (Å²) in [5, 5.41) is 0. The number of hydrogen-bond donors (Lipinski definition) is 0. The summed E-state index contributed by atoms with van der Waals surface area (Å²) in [5.41, 5.74) is -1.44. The maximum Gasteiger partial charge on any atom is 0.410 e. The molecule has 0 aliphatic carbocycles. The molecule has 9 heteroatoms. The van der Waals surface area contributed by atoms with Crippen LogP contribution in [0.15, 0.2) is 0 Å². The van der Waals surface area contributed by atoms with E-state index in [0.29, 0.717) is 0 Å². The summed E-state index contributed by atoms with van der Waals surface area (Å²) >= 11 is 0. The second kappa shape index (κ2) is 9.66. The number of esters is 1. The fourth-order valence-electron chi connectivity index (χ4n) is 3.29. The van der Waals surface area contributed by atoms with Crippen LogP contribution in [0.1, 0.15) is 61.8 Å². The molecular formula is C21H36N2O7. The molecule has 9 nitrogen and oxygen atoms in total. The molecule has 1 fully saturated rings. The van der Waals surface area contributed by atoms with Crippen LogP contribution in [-0.2, 0) is 23.8 Å². The van der Waals surface area contributed by atoms with Crippen molar-refractivity contribution < 1.29 is 33.4 Å². The van der Waals surface area contributed by atoms with E-state index in [1.165, 1.54) is 16.8 Å². The molecule has 1 heterocycles. The Morgan fingerprint density at radius 1 is 1.07 bits per heavy atom. The zero-order chi connectivity index (χ0) is 23.4. The van der Waals surface area contributed by atoms with E-state index in [1.807, 2.05) is 0 Å². The molecule has 3 unspecified atom stereocenters. The normalized spacial score (nSPS) is 22.4. The predicted octanol–water partition coefficient (Wildman–Crippen LogP) is 3.00. The van der Waals surface area contributed by atoms with E-state index in [0.717, 1.165) is 0 Å². The second-order valence-electron chi connectivity index (χ2n) is 9.54. The zero-order valence-electron chi connectivity index (χ0n) is 19.6. The molecule has 0 aromatic heterocycles. The molecule has 0 spiro atoms. The zero-order valence-corrected chi connectivity index (χ0v) is 19.6. The van der Waals surface area contributed by atoms with Crippen molar-refractivity contribution in [2.75, 3.05) is 20.2 Å². The lowest BCUT2D eigenvalue weighted by Crippen LogP contribution is -2.61. The highest BCUT2D eigenvalue weighted by Gasteiger charge is 2.48. The first-order valence-electron chi connectivity index (χ1n) is 10.2. The fourth-order valence-corrected chi connectivity index (χ4v) is 3.29. The SMILES string of the molecule is CCOC(=O)C1C(=O)CC(CN(C)C(=O)OC(C)(C)C)N(C(=O)OC(C)(C)C)C1C. The van der Waals surface area contributed by atoms with E-state index in [-0.39, 0.29) is 25.4 Å². The molecule has 0 bridgehead atoms. The average molecular weight is 429 g/mol. The van der Waals surface area contributed by atoms with E-state index in [1.54, 1.807) is 55.4 Å². The first-order valence-corrected chi connectivity index (χ1v) is 10.2. The Balaban J connectivity index is 3.15. The largest absolute Gasteiger partial charge is 0.465 e. The monoisotopic (exact) mass is 428 g/mol. The van der Waals surface area contributed by atoms with Crippen LogP contribution in [0.25, 0.3) is 0 Å². The highest BCUT2D eigenvalue weighted by Crippen LogP contribution is 2.29. The van der Waals surface area contributed by atoms with Gasteiger partial charge in [-0.2, -0.15) is 0 Å². The molecule has 0 aromatic rings. The number of amides is 2. The molecule has 2 amide bonds. The number of nitrogens with zero attached hydrogens (tertiary/aromatic N) is 2. The lowest BCUT2D eigenvalue weighted by molar-refractivity contribution is -0.157. The minimum atomic E-state index is -1.10. The molecule has 0 N–H and O–H groups in total. The van der Waals surface area contributed by atoms with Gasteiger partial charge in [0.15, 0.2) is 5.78 Å². The molecule has 30 heavy (non-hydrogen) atoms. The van der Waals surface area contributed by atoms with Gasteiger partial charge in [0.2, 0.25) is 0 Å². The standard InChI is InChI=1S/C21H36N2O7/c1-10-28-17(25)16-13(2)23(19(27)30-21(6,7)8)14(11-15(16)24)12-22(9)18(26)29-20(3,4)5/h13-14,16H,10-12H2,1-9H3. The number of piperidine rings is 1. The molecule has 0 saturated carbocycles. The Kier molecular flexibility index (Phi) is 8.28. The summed E-state index contributed by atoms with van der Waals surface area (Å²) in [6.45, 7) is 13.9. The third-order valence-corrected chi connectivity index (χ3v) is 4.43. The second-order valence-corrected chi connectivity index (χ2v) is 9.54. The maximum absolute atomic E-state index is 13.0. The van der Waals surface area contributed by atoms with Crippen LogP contribution in [0.3, 0.4) is 0 Å². The predicted molar refractivity (Wildman–Crippen MR) is 110 cm³/mol. The minimum Gasteiger partial charge on any atom is -0.465 e. The van der Waals surface area contributed by atoms with Crippen molar-refractivity contribution in [2.24, 2.45) is 5.92 Å². The van der Waals surface area contributed by atoms with Crippen LogP contribution < -0.4 is 0 Å². The van der Waals surface area contributed by atoms with Crippen LogP contribution in [0, 0.1) is 5.92 Å². The van der Waals surface area contributed by atoms with Gasteiger partial charge in [-0.25, -0.2) is 9.59 Å². The van der Waals surface area contributed by atoms with Gasteiger partial charge < -0.3 is 19.1 Å². The van der Waals surface area contributed by atoms with Gasteiger partial charge in [0, 0.05) is 20.0 Å². The van der Waals surface area contributed by atoms with Crippen molar-refractivity contribution in [1.29, 1.82) is 0 Å². The molecule has 172 valence electrons. The average Bonchev–Trinajstić information content (AvgIpc) is 2.51. The number of hydrogen-bond acceptors (Lipinski definition) is 7. The smallest absolute Gasteiger partial charge is 0.410 e. The Labute approximate surface area is 179 Å². The minimum absolute atomic E-state index is 0.0553. The third kappa shape index (κ3) is 7.18. The first kappa shape index (κ1) is 25.7. The molecule has 1 rings (SSSR count). The Bertz CT molecular complexity index is 663. The molecule has 3 atom stereocenters. The van der Waals surface area contributed by atoms with E-state index >= 15 is 0 Å². The topological polar surface area (TPSA) is 102 Å². The Hall–Kier alpha value is -2.32. The van der Waals surface area contributed by atoms with Gasteiger partial charge in [-0.15, -0.1) is 0 Å². The van der Waals surface area contributed by atoms with Crippen molar-refractivity contribution in [1.82, 2.24) is 9.80 Å². The van der Waals surface area contributed by atoms with Gasteiger partial charge in [-0.3, -0.25) is 14.5 Å². The van der Waals surface area contributed by atoms with E-state index in [9.17, 15) is 19.2 Å². The third-order valence-electron chi connectivity index (χ3n) is 4.43. The number of likely N-dealkylation sites (N-methyl/N-ethyl adjacent to an activating group) is 1. The summed E-state index contributed by atoms with van der Waals surface area (Å²) in [6.07, 6.45) is -1.32. The van der Waals surface area contributed by atoms with Crippen molar-refractivity contribution in [2.45, 2.75) is 85.1 Å². The van der Waals surface area contributed by atoms with Gasteiger partial charge in [0.1, 0.15) is 17.1 Å². The molecule has 1 aliphatic rings. The van der Waals surface area contributed by atoms with E-state index in [4.69, 9.17) is 14.2 Å². The van der Waals surface area contributed by atoms with Gasteiger partial charge in [-0.05, 0) is 55.4 Å². The van der Waals surface area contributed by atoms with Gasteiger partial charge in [0.25, 0.3) is 0 Å². The number of likely N-dealkylation sites (tertiary alicyclic amines) is 1. The molecule has 0 radical (unpaired) electrons. The fraction of sp³-hybridized carbons (Fsp3) is 0.810. The van der Waals surface area contributed by atoms with E-state index in [2.05, 4.69) is 0 Å². The molecule has 1 aliphatic heterocycles. The number of Topliss-reactive ketones (excluding diaryl/α,β-unsaturated/α-hetero) is 1. The number of carbonyl (C=O) groups is 4. The summed E-state index contributed by atoms with van der Waals surface area (Å²) in [5.74, 6) is -2.09. The maximum atomic E-state index is 13.0. The van der Waals surface area contributed by atoms with Gasteiger partial charge in [-0.1, -0.05) is 0 Å². The van der Waals surface area contributed by atoms with Crippen LogP contribution >= 0.6 is 0 Å². The summed E-state index contributed by atoms with van der Waals surface area (Å²) < 4.78 is 15.9. The quantitative estimate of drug-likeness (QED) is 0.385. The first-order chi connectivity index (χ1) is 13.6. The summed E-state index contributed by atoms with van der Waals surface area (Å²) in [4.78, 5) is 53.1. The van der Waals surface area contributed by atoms with Gasteiger partial charge in [0.05, 0.1) is 18.7 Å². The van der Waals surface area contributed by atoms with E-state index < -0.39 is 47.4 Å². The molecular weight excluding hydrogens is 392 g/mol. The lowest BCUT2D eigenvalue weighted by Gasteiger charge is -2.44. The molecule has 0 aromatic carbocycles. The van der Waals surface area contributed by atoms with Crippen molar-refractivity contribution in [3.8, 4) is 0 Å². The number of carbonyl (C=O) groups excluding carboxylic acids is 4. The van der Waals surface area contributed by atoms with Crippen LogP contribution in [0.5, 0.6) is 0 Å². The summed E-state index contributed by atoms with van der Waals surface area (Å²) in [6, 6.07) is -1.44. The number of ether oxygens (including phenoxy) is 3. The van der Waals surface area contributed by atoms with Crippen molar-refractivity contribution in [3.63, 3.8) is 0 Å². The van der Waals surface area contributed by atoms with Crippen molar-refractivity contribution in [3.05, 3.63) is 0 Å². The van der Waals surface area contributed by atoms with Crippen molar-refractivity contribution >= 4 is 23.9 Å². The van der Waals surface area contributed by atoms with Gasteiger partial charge >= 0.3 is 18.2 Å². The Morgan fingerprint density at radius 3 is 2.07 bits per heavy atom. The number of ketones is 1. The Morgan fingerprint density at radius 2 is 1.60 bits per heavy atom. The highest BCUT2D eigenvalue weighted by molar-refractivity contribution is 6.01. The van der Waals surface area contributed by atoms with Crippen LogP contribution in [0.2, 0.25) is 0 Å². The molecule has 1 saturated heterocycles.